The fraction of sp³-hybridized carbons (Fsp3) is 0.133. The van der Waals surface area contributed by atoms with Crippen molar-refractivity contribution in [2.24, 2.45) is 0 Å². The smallest absolute Gasteiger partial charge is 0.262 e. The highest BCUT2D eigenvalue weighted by molar-refractivity contribution is 9.10. The molecule has 2 aromatic carbocycles. The van der Waals surface area contributed by atoms with Crippen LogP contribution in [0, 0.1) is 5.82 Å². The first-order chi connectivity index (χ1) is 11.2. The third-order valence-electron chi connectivity index (χ3n) is 2.70. The molecule has 9 heteroatoms. The molecular weight excluding hydrogens is 403 g/mol. The topological polar surface area (TPSA) is 84.5 Å². The van der Waals surface area contributed by atoms with E-state index in [1.807, 2.05) is 0 Å². The molecule has 0 aliphatic rings. The van der Waals surface area contributed by atoms with Gasteiger partial charge in [-0.3, -0.25) is 9.52 Å². The van der Waals surface area contributed by atoms with Crippen molar-refractivity contribution in [2.45, 2.75) is 0 Å². The van der Waals surface area contributed by atoms with Crippen molar-refractivity contribution >= 4 is 43.2 Å². The molecule has 6 nitrogen and oxygen atoms in total. The van der Waals surface area contributed by atoms with Crippen LogP contribution in [0.1, 0.15) is 0 Å². The molecule has 0 aliphatic carbocycles. The van der Waals surface area contributed by atoms with E-state index in [9.17, 15) is 17.6 Å². The third kappa shape index (κ3) is 5.82. The molecule has 0 radical (unpaired) electrons. The zero-order valence-corrected chi connectivity index (χ0v) is 14.9. The lowest BCUT2D eigenvalue weighted by Crippen LogP contribution is -2.20. The molecule has 24 heavy (non-hydrogen) atoms. The summed E-state index contributed by atoms with van der Waals surface area (Å²) >= 11 is 3.12. The number of sulfonamides is 1. The van der Waals surface area contributed by atoms with Crippen LogP contribution in [0.15, 0.2) is 46.9 Å². The van der Waals surface area contributed by atoms with Crippen LogP contribution >= 0.6 is 15.9 Å². The second-order valence-electron chi connectivity index (χ2n) is 4.87. The van der Waals surface area contributed by atoms with Crippen molar-refractivity contribution in [3.8, 4) is 5.75 Å². The van der Waals surface area contributed by atoms with Crippen LogP contribution < -0.4 is 14.8 Å². The van der Waals surface area contributed by atoms with E-state index in [1.165, 1.54) is 18.2 Å². The minimum absolute atomic E-state index is 0.0409. The van der Waals surface area contributed by atoms with Crippen LogP contribution in [-0.4, -0.2) is 27.2 Å². The Labute approximate surface area is 147 Å². The average Bonchev–Trinajstić information content (AvgIpc) is 2.45. The summed E-state index contributed by atoms with van der Waals surface area (Å²) in [6.07, 6.45) is 1.03. The fourth-order valence-corrected chi connectivity index (χ4v) is 2.70. The second kappa shape index (κ2) is 7.63. The number of carbonyl (C=O) groups excluding carboxylic acids is 1. The van der Waals surface area contributed by atoms with Gasteiger partial charge in [-0.05, 0) is 36.4 Å². The highest BCUT2D eigenvalue weighted by atomic mass is 79.9. The van der Waals surface area contributed by atoms with E-state index in [0.717, 1.165) is 6.26 Å². The highest BCUT2D eigenvalue weighted by Gasteiger charge is 2.09. The molecule has 0 heterocycles. The number of nitrogens with one attached hydrogen (secondary N) is 2. The van der Waals surface area contributed by atoms with Crippen LogP contribution in [0.25, 0.3) is 0 Å². The number of carbonyl (C=O) groups is 1. The molecule has 0 fully saturated rings. The average molecular weight is 417 g/mol. The Morgan fingerprint density at radius 3 is 2.58 bits per heavy atom. The van der Waals surface area contributed by atoms with Crippen molar-refractivity contribution < 1.29 is 22.3 Å². The first-order valence-corrected chi connectivity index (χ1v) is 9.37. The predicted molar refractivity (Wildman–Crippen MR) is 93.1 cm³/mol. The lowest BCUT2D eigenvalue weighted by atomic mass is 10.3. The molecule has 0 aliphatic heterocycles. The van der Waals surface area contributed by atoms with Crippen LogP contribution in [0.5, 0.6) is 5.75 Å². The number of hydrogen-bond donors (Lipinski definition) is 2. The molecular formula is C15H14BrFN2O4S. The Hall–Kier alpha value is -2.13. The van der Waals surface area contributed by atoms with Crippen molar-refractivity contribution in [3.05, 3.63) is 52.8 Å². The first-order valence-electron chi connectivity index (χ1n) is 6.68. The van der Waals surface area contributed by atoms with Gasteiger partial charge in [-0.15, -0.1) is 0 Å². The van der Waals surface area contributed by atoms with Crippen molar-refractivity contribution in [1.82, 2.24) is 0 Å². The molecule has 0 saturated carbocycles. The number of halogens is 2. The Kier molecular flexibility index (Phi) is 5.79. The molecule has 0 spiro atoms. The third-order valence-corrected chi connectivity index (χ3v) is 3.80. The Balaban J connectivity index is 1.96. The summed E-state index contributed by atoms with van der Waals surface area (Å²) in [5, 5.41) is 2.54. The summed E-state index contributed by atoms with van der Waals surface area (Å²) < 4.78 is 44.0. The van der Waals surface area contributed by atoms with E-state index in [4.69, 9.17) is 4.74 Å². The molecule has 2 aromatic rings. The van der Waals surface area contributed by atoms with E-state index in [1.54, 1.807) is 24.3 Å². The number of anilines is 2. The van der Waals surface area contributed by atoms with Crippen LogP contribution in [0.4, 0.5) is 15.8 Å². The normalized spacial score (nSPS) is 11.0. The summed E-state index contributed by atoms with van der Waals surface area (Å²) in [5.74, 6) is -1.13. The molecule has 0 saturated heterocycles. The summed E-state index contributed by atoms with van der Waals surface area (Å²) in [4.78, 5) is 11.9. The lowest BCUT2D eigenvalue weighted by molar-refractivity contribution is -0.118. The summed E-state index contributed by atoms with van der Waals surface area (Å²) in [7, 11) is -3.41. The van der Waals surface area contributed by atoms with Gasteiger partial charge in [0.25, 0.3) is 5.91 Å². The number of amides is 1. The van der Waals surface area contributed by atoms with Gasteiger partial charge in [-0.2, -0.15) is 0 Å². The molecule has 2 rings (SSSR count). The summed E-state index contributed by atoms with van der Waals surface area (Å²) in [5.41, 5.74) is 0.698. The van der Waals surface area contributed by atoms with E-state index < -0.39 is 21.7 Å². The van der Waals surface area contributed by atoms with Crippen molar-refractivity contribution in [1.29, 1.82) is 0 Å². The van der Waals surface area contributed by atoms with Gasteiger partial charge in [0, 0.05) is 10.2 Å². The first kappa shape index (κ1) is 18.2. The van der Waals surface area contributed by atoms with Gasteiger partial charge in [0.05, 0.1) is 11.9 Å². The second-order valence-corrected chi connectivity index (χ2v) is 7.53. The monoisotopic (exact) mass is 416 g/mol. The standard InChI is InChI=1S/C15H14BrFN2O4S/c1-24(21,22)19-12-4-2-3-11(8-12)18-15(20)9-23-14-6-5-10(16)7-13(14)17/h2-8,19H,9H2,1H3,(H,18,20). The minimum Gasteiger partial charge on any atom is -0.481 e. The Morgan fingerprint density at radius 1 is 1.21 bits per heavy atom. The minimum atomic E-state index is -3.41. The van der Waals surface area contributed by atoms with Gasteiger partial charge in [0.2, 0.25) is 10.0 Å². The number of hydrogen-bond acceptors (Lipinski definition) is 4. The Morgan fingerprint density at radius 2 is 1.92 bits per heavy atom. The molecule has 0 aromatic heterocycles. The zero-order chi connectivity index (χ0) is 17.7. The van der Waals surface area contributed by atoms with Crippen LogP contribution in [0.3, 0.4) is 0 Å². The van der Waals surface area contributed by atoms with Crippen LogP contribution in [-0.2, 0) is 14.8 Å². The van der Waals surface area contributed by atoms with Crippen molar-refractivity contribution in [3.63, 3.8) is 0 Å². The molecule has 1 amide bonds. The van der Waals surface area contributed by atoms with Crippen LogP contribution in [0.2, 0.25) is 0 Å². The summed E-state index contributed by atoms with van der Waals surface area (Å²) in [6, 6.07) is 10.4. The van der Waals surface area contributed by atoms with E-state index >= 15 is 0 Å². The number of rotatable bonds is 6. The van der Waals surface area contributed by atoms with Gasteiger partial charge in [0.15, 0.2) is 18.2 Å². The largest absolute Gasteiger partial charge is 0.481 e. The molecule has 2 N–H and O–H groups in total. The summed E-state index contributed by atoms with van der Waals surface area (Å²) in [6.45, 7) is -0.387. The zero-order valence-electron chi connectivity index (χ0n) is 12.5. The lowest BCUT2D eigenvalue weighted by Gasteiger charge is -2.10. The van der Waals surface area contributed by atoms with E-state index in [2.05, 4.69) is 26.0 Å². The molecule has 0 unspecified atom stereocenters. The molecule has 128 valence electrons. The van der Waals surface area contributed by atoms with E-state index in [-0.39, 0.29) is 12.4 Å². The molecule has 0 atom stereocenters. The van der Waals surface area contributed by atoms with Gasteiger partial charge < -0.3 is 10.1 Å². The quantitative estimate of drug-likeness (QED) is 0.757. The van der Waals surface area contributed by atoms with Gasteiger partial charge in [0.1, 0.15) is 0 Å². The highest BCUT2D eigenvalue weighted by Crippen LogP contribution is 2.21. The van der Waals surface area contributed by atoms with Gasteiger partial charge in [-0.25, -0.2) is 12.8 Å². The maximum atomic E-state index is 13.6. The number of benzene rings is 2. The van der Waals surface area contributed by atoms with Gasteiger partial charge >= 0.3 is 0 Å². The maximum absolute atomic E-state index is 13.6. The predicted octanol–water partition coefficient (Wildman–Crippen LogP) is 2.98. The Bertz CT molecular complexity index is 858. The van der Waals surface area contributed by atoms with Gasteiger partial charge in [-0.1, -0.05) is 22.0 Å². The maximum Gasteiger partial charge on any atom is 0.262 e. The SMILES string of the molecule is CS(=O)(=O)Nc1cccc(NC(=O)COc2ccc(Br)cc2F)c1. The fourth-order valence-electron chi connectivity index (χ4n) is 1.81. The van der Waals surface area contributed by atoms with Crippen molar-refractivity contribution in [2.75, 3.05) is 22.9 Å². The number of ether oxygens (including phenoxy) is 1. The molecule has 0 bridgehead atoms. The van der Waals surface area contributed by atoms with E-state index in [0.29, 0.717) is 15.8 Å².